The molecule has 0 aliphatic rings. The van der Waals surface area contributed by atoms with Gasteiger partial charge in [0.15, 0.2) is 9.76 Å². The lowest BCUT2D eigenvalue weighted by atomic mass is 10.0. The first-order chi connectivity index (χ1) is 9.69. The number of hydrogen-bond acceptors (Lipinski definition) is 3. The highest BCUT2D eigenvalue weighted by atomic mass is 35.5. The van der Waals surface area contributed by atoms with Crippen molar-refractivity contribution in [1.29, 1.82) is 0 Å². The van der Waals surface area contributed by atoms with E-state index in [2.05, 4.69) is 39.6 Å². The van der Waals surface area contributed by atoms with E-state index in [1.807, 2.05) is 29.8 Å². The van der Waals surface area contributed by atoms with E-state index >= 15 is 0 Å². The van der Waals surface area contributed by atoms with Crippen LogP contribution in [0.15, 0.2) is 29.8 Å². The normalized spacial score (nSPS) is 13.2. The standard InChI is InChI=1S/C16H22ClNOSSi/c1-15(2,3)21-19-16(4,5)14-13(18-10-20-14)11-6-8-12(17)9-7-11/h6-10H,21H2,1-5H3. The molecule has 0 unspecified atom stereocenters. The molecule has 2 rings (SSSR count). The van der Waals surface area contributed by atoms with Gasteiger partial charge in [-0.1, -0.05) is 44.5 Å². The van der Waals surface area contributed by atoms with Gasteiger partial charge in [-0.15, -0.1) is 11.3 Å². The van der Waals surface area contributed by atoms with Crippen LogP contribution in [0.5, 0.6) is 0 Å². The molecule has 0 N–H and O–H groups in total. The van der Waals surface area contributed by atoms with Gasteiger partial charge in [-0.3, -0.25) is 0 Å². The van der Waals surface area contributed by atoms with Crippen molar-refractivity contribution in [2.75, 3.05) is 0 Å². The van der Waals surface area contributed by atoms with E-state index in [9.17, 15) is 0 Å². The van der Waals surface area contributed by atoms with Crippen LogP contribution in [0.2, 0.25) is 10.1 Å². The maximum absolute atomic E-state index is 6.31. The smallest absolute Gasteiger partial charge is 0.168 e. The minimum absolute atomic E-state index is 0.280. The van der Waals surface area contributed by atoms with Gasteiger partial charge in [0.1, 0.15) is 0 Å². The second kappa shape index (κ2) is 6.21. The highest BCUT2D eigenvalue weighted by molar-refractivity contribution is 7.10. The summed E-state index contributed by atoms with van der Waals surface area (Å²) in [6.07, 6.45) is 0. The average molecular weight is 340 g/mol. The number of thiazole rings is 1. The van der Waals surface area contributed by atoms with Gasteiger partial charge in [0, 0.05) is 10.6 Å². The van der Waals surface area contributed by atoms with E-state index < -0.39 is 9.76 Å². The maximum atomic E-state index is 6.31. The Morgan fingerprint density at radius 1 is 1.10 bits per heavy atom. The third kappa shape index (κ3) is 4.39. The van der Waals surface area contributed by atoms with Gasteiger partial charge < -0.3 is 4.43 Å². The summed E-state index contributed by atoms with van der Waals surface area (Å²) >= 11 is 7.62. The Morgan fingerprint density at radius 3 is 2.29 bits per heavy atom. The molecule has 0 saturated heterocycles. The van der Waals surface area contributed by atoms with Gasteiger partial charge in [0.25, 0.3) is 0 Å². The Labute approximate surface area is 138 Å². The zero-order chi connectivity index (χ0) is 15.7. The number of nitrogens with zero attached hydrogens (tertiary/aromatic N) is 1. The molecule has 1 aromatic carbocycles. The second-order valence-corrected chi connectivity index (χ2v) is 10.9. The van der Waals surface area contributed by atoms with Crippen molar-refractivity contribution < 1.29 is 4.43 Å². The number of benzene rings is 1. The van der Waals surface area contributed by atoms with Crippen LogP contribution in [0.4, 0.5) is 0 Å². The summed E-state index contributed by atoms with van der Waals surface area (Å²) in [7, 11) is -0.621. The van der Waals surface area contributed by atoms with Crippen molar-refractivity contribution >= 4 is 32.7 Å². The van der Waals surface area contributed by atoms with Crippen molar-refractivity contribution in [2.45, 2.75) is 45.3 Å². The molecule has 2 nitrogen and oxygen atoms in total. The zero-order valence-corrected chi connectivity index (χ0v) is 16.2. The Hall–Kier alpha value is -0.683. The quantitative estimate of drug-likeness (QED) is 0.730. The van der Waals surface area contributed by atoms with Crippen LogP contribution >= 0.6 is 22.9 Å². The van der Waals surface area contributed by atoms with Gasteiger partial charge >= 0.3 is 0 Å². The summed E-state index contributed by atoms with van der Waals surface area (Å²) in [6, 6.07) is 7.83. The van der Waals surface area contributed by atoms with Crippen molar-refractivity contribution in [1.82, 2.24) is 4.98 Å². The van der Waals surface area contributed by atoms with Crippen LogP contribution in [0.25, 0.3) is 11.3 Å². The summed E-state index contributed by atoms with van der Waals surface area (Å²) in [6.45, 7) is 11.0. The fourth-order valence-electron chi connectivity index (χ4n) is 1.95. The van der Waals surface area contributed by atoms with Crippen LogP contribution in [-0.4, -0.2) is 14.7 Å². The molecule has 0 aliphatic carbocycles. The molecule has 1 aromatic heterocycles. The zero-order valence-electron chi connectivity index (χ0n) is 13.2. The van der Waals surface area contributed by atoms with Gasteiger partial charge in [-0.05, 0) is 31.0 Å². The number of hydrogen-bond donors (Lipinski definition) is 0. The summed E-state index contributed by atoms with van der Waals surface area (Å²) in [4.78, 5) is 5.72. The van der Waals surface area contributed by atoms with E-state index in [4.69, 9.17) is 16.0 Å². The fourth-order valence-corrected chi connectivity index (χ4v) is 4.01. The van der Waals surface area contributed by atoms with E-state index in [0.29, 0.717) is 0 Å². The molecule has 0 spiro atoms. The molecule has 21 heavy (non-hydrogen) atoms. The minimum atomic E-state index is -0.621. The molecule has 2 aromatic rings. The van der Waals surface area contributed by atoms with Gasteiger partial charge in [0.05, 0.1) is 21.7 Å². The topological polar surface area (TPSA) is 22.1 Å². The molecular formula is C16H22ClNOSSi. The van der Waals surface area contributed by atoms with Crippen molar-refractivity contribution in [3.05, 3.63) is 39.7 Å². The molecular weight excluding hydrogens is 318 g/mol. The first-order valence-electron chi connectivity index (χ1n) is 7.03. The fraction of sp³-hybridized carbons (Fsp3) is 0.438. The Kier molecular flexibility index (Phi) is 4.93. The first-order valence-corrected chi connectivity index (χ1v) is 9.57. The lowest BCUT2D eigenvalue weighted by Crippen LogP contribution is -2.27. The molecule has 0 fully saturated rings. The summed E-state index contributed by atoms with van der Waals surface area (Å²) in [5, 5.41) is 1.02. The minimum Gasteiger partial charge on any atom is -0.414 e. The highest BCUT2D eigenvalue weighted by Crippen LogP contribution is 2.38. The summed E-state index contributed by atoms with van der Waals surface area (Å²) < 4.78 is 6.31. The third-order valence-electron chi connectivity index (χ3n) is 3.10. The van der Waals surface area contributed by atoms with Crippen LogP contribution in [0.1, 0.15) is 39.5 Å². The van der Waals surface area contributed by atoms with Crippen molar-refractivity contribution in [3.8, 4) is 11.3 Å². The van der Waals surface area contributed by atoms with Crippen molar-refractivity contribution in [2.24, 2.45) is 0 Å². The van der Waals surface area contributed by atoms with Crippen LogP contribution < -0.4 is 0 Å². The predicted octanol–water partition coefficient (Wildman–Crippen LogP) is 5.02. The number of halogens is 1. The molecule has 0 saturated carbocycles. The van der Waals surface area contributed by atoms with Crippen LogP contribution in [0, 0.1) is 0 Å². The highest BCUT2D eigenvalue weighted by Gasteiger charge is 2.29. The molecule has 0 radical (unpaired) electrons. The lowest BCUT2D eigenvalue weighted by molar-refractivity contribution is 0.114. The first kappa shape index (κ1) is 16.7. The van der Waals surface area contributed by atoms with E-state index in [-0.39, 0.29) is 10.6 Å². The van der Waals surface area contributed by atoms with Gasteiger partial charge in [-0.25, -0.2) is 4.98 Å². The molecule has 0 atom stereocenters. The van der Waals surface area contributed by atoms with Crippen LogP contribution in [-0.2, 0) is 10.0 Å². The van der Waals surface area contributed by atoms with E-state index in [0.717, 1.165) is 16.3 Å². The monoisotopic (exact) mass is 339 g/mol. The predicted molar refractivity (Wildman–Crippen MR) is 94.9 cm³/mol. The van der Waals surface area contributed by atoms with Crippen LogP contribution in [0.3, 0.4) is 0 Å². The molecule has 1 heterocycles. The van der Waals surface area contributed by atoms with E-state index in [1.54, 1.807) is 11.3 Å². The summed E-state index contributed by atoms with van der Waals surface area (Å²) in [5.41, 5.74) is 3.69. The molecule has 0 amide bonds. The van der Waals surface area contributed by atoms with Crippen molar-refractivity contribution in [3.63, 3.8) is 0 Å². The Balaban J connectivity index is 2.28. The SMILES string of the molecule is CC(C)(C)[SiH2]OC(C)(C)c1scnc1-c1ccc(Cl)cc1. The maximum Gasteiger partial charge on any atom is 0.168 e. The Morgan fingerprint density at radius 2 is 1.71 bits per heavy atom. The lowest BCUT2D eigenvalue weighted by Gasteiger charge is -2.29. The summed E-state index contributed by atoms with van der Waals surface area (Å²) in [5.74, 6) is 0. The van der Waals surface area contributed by atoms with Gasteiger partial charge in [0.2, 0.25) is 0 Å². The van der Waals surface area contributed by atoms with E-state index in [1.165, 1.54) is 4.88 Å². The molecule has 0 bridgehead atoms. The number of rotatable bonds is 4. The number of aromatic nitrogens is 1. The molecule has 5 heteroatoms. The average Bonchev–Trinajstić information content (AvgIpc) is 2.87. The molecule has 0 aliphatic heterocycles. The Bertz CT molecular complexity index is 601. The second-order valence-electron chi connectivity index (χ2n) is 6.90. The third-order valence-corrected chi connectivity index (χ3v) is 6.21. The molecule has 114 valence electrons. The van der Waals surface area contributed by atoms with Gasteiger partial charge in [-0.2, -0.15) is 0 Å². The largest absolute Gasteiger partial charge is 0.414 e.